The minimum absolute atomic E-state index is 0.0321. The summed E-state index contributed by atoms with van der Waals surface area (Å²) >= 11 is 1.76. The maximum Gasteiger partial charge on any atom is 0.193 e. The van der Waals surface area contributed by atoms with Crippen LogP contribution in [0.3, 0.4) is 0 Å². The summed E-state index contributed by atoms with van der Waals surface area (Å²) in [6, 6.07) is 22.7. The number of carbonyl (C=O) groups is 1. The fourth-order valence-corrected chi connectivity index (χ4v) is 5.13. The smallest absolute Gasteiger partial charge is 0.193 e. The number of Topliss-reactive ketones (excluding diaryl/α,β-unsaturated/α-hetero) is 1. The van der Waals surface area contributed by atoms with E-state index < -0.39 is 0 Å². The van der Waals surface area contributed by atoms with E-state index in [0.29, 0.717) is 0 Å². The second-order valence-electron chi connectivity index (χ2n) is 7.13. The highest BCUT2D eigenvalue weighted by atomic mass is 32.2. The largest absolute Gasteiger partial charge is 0.354 e. The minimum atomic E-state index is -0.0321. The van der Waals surface area contributed by atoms with Gasteiger partial charge in [-0.3, -0.25) is 4.79 Å². The zero-order valence-corrected chi connectivity index (χ0v) is 16.1. The molecule has 0 bridgehead atoms. The summed E-state index contributed by atoms with van der Waals surface area (Å²) in [5.74, 6) is 0.136. The van der Waals surface area contributed by atoms with Gasteiger partial charge in [0.15, 0.2) is 5.78 Å². The third-order valence-electron chi connectivity index (χ3n) is 5.44. The standard InChI is InChI=1S/C24H19NOS/c1-14-11-12-16(13-15(14)2)24-21-22(17-7-3-4-8-18(17)23(21)26)25-19-9-5-6-10-20(19)27-24/h3-13,24-25H,1-2H3. The fraction of sp³-hybridized carbons (Fsp3) is 0.125. The molecule has 0 fully saturated rings. The van der Waals surface area contributed by atoms with Gasteiger partial charge < -0.3 is 5.32 Å². The van der Waals surface area contributed by atoms with Gasteiger partial charge in [-0.05, 0) is 42.7 Å². The van der Waals surface area contributed by atoms with E-state index in [0.717, 1.165) is 28.1 Å². The minimum Gasteiger partial charge on any atom is -0.354 e. The predicted octanol–water partition coefficient (Wildman–Crippen LogP) is 6.17. The molecular formula is C24H19NOS. The van der Waals surface area contributed by atoms with Crippen molar-refractivity contribution in [3.8, 4) is 0 Å². The molecule has 3 aromatic rings. The second-order valence-corrected chi connectivity index (χ2v) is 8.27. The van der Waals surface area contributed by atoms with Crippen molar-refractivity contribution < 1.29 is 4.79 Å². The molecule has 1 unspecified atom stereocenters. The van der Waals surface area contributed by atoms with E-state index in [1.165, 1.54) is 21.6 Å². The van der Waals surface area contributed by atoms with Gasteiger partial charge in [-0.15, -0.1) is 11.8 Å². The van der Waals surface area contributed by atoms with Crippen molar-refractivity contribution in [2.24, 2.45) is 0 Å². The molecule has 2 nitrogen and oxygen atoms in total. The molecule has 0 amide bonds. The van der Waals surface area contributed by atoms with E-state index in [-0.39, 0.29) is 11.0 Å². The van der Waals surface area contributed by atoms with E-state index in [2.05, 4.69) is 55.6 Å². The first-order valence-corrected chi connectivity index (χ1v) is 9.99. The number of rotatable bonds is 1. The van der Waals surface area contributed by atoms with Crippen molar-refractivity contribution in [3.05, 3.63) is 100 Å². The Labute approximate surface area is 163 Å². The maximum absolute atomic E-state index is 13.4. The van der Waals surface area contributed by atoms with Gasteiger partial charge in [0.2, 0.25) is 0 Å². The fourth-order valence-electron chi connectivity index (χ4n) is 3.84. The van der Waals surface area contributed by atoms with Gasteiger partial charge in [-0.1, -0.05) is 54.6 Å². The summed E-state index contributed by atoms with van der Waals surface area (Å²) in [6.07, 6.45) is 0. The number of aryl methyl sites for hydroxylation is 2. The molecule has 3 aromatic carbocycles. The Kier molecular flexibility index (Phi) is 3.73. The Morgan fingerprint density at radius 1 is 0.852 bits per heavy atom. The normalized spacial score (nSPS) is 17.7. The molecule has 0 aromatic heterocycles. The predicted molar refractivity (Wildman–Crippen MR) is 112 cm³/mol. The molecule has 132 valence electrons. The van der Waals surface area contributed by atoms with Crippen molar-refractivity contribution in [2.75, 3.05) is 5.32 Å². The van der Waals surface area contributed by atoms with Gasteiger partial charge in [-0.25, -0.2) is 0 Å². The summed E-state index contributed by atoms with van der Waals surface area (Å²) in [4.78, 5) is 14.5. The van der Waals surface area contributed by atoms with Crippen molar-refractivity contribution in [3.63, 3.8) is 0 Å². The topological polar surface area (TPSA) is 29.1 Å². The summed E-state index contributed by atoms with van der Waals surface area (Å²) in [5.41, 5.74) is 8.38. The van der Waals surface area contributed by atoms with Crippen LogP contribution in [0.5, 0.6) is 0 Å². The highest BCUT2D eigenvalue weighted by molar-refractivity contribution is 8.00. The number of ketones is 1. The van der Waals surface area contributed by atoms with Gasteiger partial charge >= 0.3 is 0 Å². The van der Waals surface area contributed by atoms with Crippen LogP contribution in [0.4, 0.5) is 5.69 Å². The number of thioether (sulfide) groups is 1. The molecule has 0 spiro atoms. The molecule has 0 saturated heterocycles. The van der Waals surface area contributed by atoms with Crippen LogP contribution < -0.4 is 5.32 Å². The van der Waals surface area contributed by atoms with Gasteiger partial charge in [0.1, 0.15) is 0 Å². The van der Waals surface area contributed by atoms with Crippen LogP contribution in [-0.2, 0) is 0 Å². The van der Waals surface area contributed by atoms with Crippen LogP contribution in [-0.4, -0.2) is 5.78 Å². The van der Waals surface area contributed by atoms with Gasteiger partial charge in [-0.2, -0.15) is 0 Å². The van der Waals surface area contributed by atoms with Gasteiger partial charge in [0.05, 0.1) is 16.6 Å². The number of nitrogens with one attached hydrogen (secondary N) is 1. The van der Waals surface area contributed by atoms with E-state index in [9.17, 15) is 4.79 Å². The van der Waals surface area contributed by atoms with E-state index in [1.54, 1.807) is 11.8 Å². The monoisotopic (exact) mass is 369 g/mol. The molecule has 1 atom stereocenters. The first-order chi connectivity index (χ1) is 13.1. The van der Waals surface area contributed by atoms with Crippen molar-refractivity contribution >= 4 is 28.9 Å². The summed E-state index contributed by atoms with van der Waals surface area (Å²) in [6.45, 7) is 4.25. The first kappa shape index (κ1) is 16.4. The second kappa shape index (κ2) is 6.14. The zero-order chi connectivity index (χ0) is 18.5. The molecule has 3 heteroatoms. The molecule has 0 radical (unpaired) electrons. The number of benzene rings is 3. The third-order valence-corrected chi connectivity index (χ3v) is 6.80. The Hall–Kier alpha value is -2.78. The lowest BCUT2D eigenvalue weighted by atomic mass is 9.97. The van der Waals surface area contributed by atoms with Crippen LogP contribution in [0, 0.1) is 13.8 Å². The highest BCUT2D eigenvalue weighted by Gasteiger charge is 2.38. The van der Waals surface area contributed by atoms with E-state index >= 15 is 0 Å². The lowest BCUT2D eigenvalue weighted by Crippen LogP contribution is -2.08. The Bertz CT molecular complexity index is 1130. The van der Waals surface area contributed by atoms with Crippen molar-refractivity contribution in [1.82, 2.24) is 0 Å². The van der Waals surface area contributed by atoms with Crippen LogP contribution in [0.25, 0.3) is 5.70 Å². The average Bonchev–Trinajstić information content (AvgIpc) is 2.85. The number of carbonyl (C=O) groups excluding carboxylic acids is 1. The van der Waals surface area contributed by atoms with E-state index in [4.69, 9.17) is 0 Å². The Balaban J connectivity index is 1.75. The van der Waals surface area contributed by atoms with Gasteiger partial charge in [0, 0.05) is 21.6 Å². The molecule has 2 aliphatic rings. The molecule has 27 heavy (non-hydrogen) atoms. The van der Waals surface area contributed by atoms with Crippen molar-refractivity contribution in [2.45, 2.75) is 24.0 Å². The lowest BCUT2D eigenvalue weighted by Gasteiger charge is -2.18. The third kappa shape index (κ3) is 2.54. The average molecular weight is 369 g/mol. The zero-order valence-electron chi connectivity index (χ0n) is 15.2. The Morgan fingerprint density at radius 2 is 1.59 bits per heavy atom. The summed E-state index contributed by atoms with van der Waals surface area (Å²) in [7, 11) is 0. The SMILES string of the molecule is Cc1ccc(C2Sc3ccccc3NC3=C2C(=O)c2ccccc23)cc1C. The summed E-state index contributed by atoms with van der Waals surface area (Å²) in [5, 5.41) is 3.54. The Morgan fingerprint density at radius 3 is 2.41 bits per heavy atom. The summed E-state index contributed by atoms with van der Waals surface area (Å²) < 4.78 is 0. The van der Waals surface area contributed by atoms with Crippen LogP contribution in [0.2, 0.25) is 0 Å². The molecule has 5 rings (SSSR count). The van der Waals surface area contributed by atoms with Gasteiger partial charge in [0.25, 0.3) is 0 Å². The first-order valence-electron chi connectivity index (χ1n) is 9.11. The lowest BCUT2D eigenvalue weighted by molar-refractivity contribution is 0.103. The molecule has 1 heterocycles. The molecule has 1 N–H and O–H groups in total. The number of hydrogen-bond donors (Lipinski definition) is 1. The number of hydrogen-bond acceptors (Lipinski definition) is 3. The van der Waals surface area contributed by atoms with E-state index in [1.807, 2.05) is 30.3 Å². The molecule has 0 saturated carbocycles. The van der Waals surface area contributed by atoms with Crippen LogP contribution in [0.15, 0.2) is 77.2 Å². The molecule has 1 aliphatic carbocycles. The quantitative estimate of drug-likeness (QED) is 0.556. The van der Waals surface area contributed by atoms with Crippen LogP contribution >= 0.6 is 11.8 Å². The van der Waals surface area contributed by atoms with Crippen LogP contribution in [0.1, 0.15) is 37.9 Å². The molecule has 1 aliphatic heterocycles. The number of para-hydroxylation sites is 1. The molecular weight excluding hydrogens is 350 g/mol. The number of anilines is 1. The highest BCUT2D eigenvalue weighted by Crippen LogP contribution is 2.52. The number of fused-ring (bicyclic) bond motifs is 3. The van der Waals surface area contributed by atoms with Crippen molar-refractivity contribution in [1.29, 1.82) is 0 Å². The maximum atomic E-state index is 13.4.